The number of likely N-dealkylation sites (N-methyl/N-ethyl adjacent to an activating group) is 1. The van der Waals surface area contributed by atoms with Gasteiger partial charge >= 0.3 is 0 Å². The Hall–Kier alpha value is -0.160. The second-order valence-corrected chi connectivity index (χ2v) is 3.57. The minimum atomic E-state index is 0.103. The molecular formula is C10H24N2O2. The average Bonchev–Trinajstić information content (AvgIpc) is 2.22. The van der Waals surface area contributed by atoms with Crippen molar-refractivity contribution in [3.05, 3.63) is 0 Å². The van der Waals surface area contributed by atoms with E-state index in [9.17, 15) is 0 Å². The van der Waals surface area contributed by atoms with Gasteiger partial charge in [0.25, 0.3) is 0 Å². The quantitative estimate of drug-likeness (QED) is 0.515. The van der Waals surface area contributed by atoms with Crippen molar-refractivity contribution in [1.29, 1.82) is 0 Å². The van der Waals surface area contributed by atoms with Gasteiger partial charge in [0.05, 0.1) is 19.8 Å². The fraction of sp³-hybridized carbons (Fsp3) is 1.00. The predicted molar refractivity (Wildman–Crippen MR) is 58.2 cm³/mol. The summed E-state index contributed by atoms with van der Waals surface area (Å²) in [6.07, 6.45) is 0. The summed E-state index contributed by atoms with van der Waals surface area (Å²) in [6, 6.07) is 0. The van der Waals surface area contributed by atoms with Crippen LogP contribution in [0.2, 0.25) is 0 Å². The Morgan fingerprint density at radius 1 is 1.43 bits per heavy atom. The molecule has 0 radical (unpaired) electrons. The third-order valence-electron chi connectivity index (χ3n) is 2.21. The zero-order valence-corrected chi connectivity index (χ0v) is 9.41. The smallest absolute Gasteiger partial charge is 0.0698 e. The Morgan fingerprint density at radius 2 is 2.14 bits per heavy atom. The summed E-state index contributed by atoms with van der Waals surface area (Å²) >= 11 is 0. The number of nitrogens with zero attached hydrogens (tertiary/aromatic N) is 1. The maximum absolute atomic E-state index is 8.52. The Balaban J connectivity index is 3.47. The van der Waals surface area contributed by atoms with Gasteiger partial charge in [-0.2, -0.15) is 0 Å². The van der Waals surface area contributed by atoms with Crippen LogP contribution < -0.4 is 5.73 Å². The van der Waals surface area contributed by atoms with Crippen LogP contribution in [0.1, 0.15) is 13.8 Å². The summed E-state index contributed by atoms with van der Waals surface area (Å²) in [5.41, 5.74) is 5.56. The molecule has 0 spiro atoms. The van der Waals surface area contributed by atoms with Gasteiger partial charge in [-0.05, 0) is 19.0 Å². The van der Waals surface area contributed by atoms with E-state index in [1.807, 2.05) is 0 Å². The van der Waals surface area contributed by atoms with Crippen LogP contribution in [0.4, 0.5) is 0 Å². The monoisotopic (exact) mass is 204 g/mol. The molecule has 1 atom stereocenters. The van der Waals surface area contributed by atoms with Gasteiger partial charge in [-0.1, -0.05) is 13.8 Å². The Morgan fingerprint density at radius 3 is 2.64 bits per heavy atom. The first-order chi connectivity index (χ1) is 6.74. The molecule has 86 valence electrons. The van der Waals surface area contributed by atoms with Gasteiger partial charge in [0.1, 0.15) is 0 Å². The normalized spacial score (nSPS) is 13.5. The van der Waals surface area contributed by atoms with E-state index in [-0.39, 0.29) is 6.61 Å². The van der Waals surface area contributed by atoms with Gasteiger partial charge < -0.3 is 20.5 Å². The van der Waals surface area contributed by atoms with Crippen LogP contribution in [0.25, 0.3) is 0 Å². The van der Waals surface area contributed by atoms with E-state index < -0.39 is 0 Å². The van der Waals surface area contributed by atoms with Gasteiger partial charge in [0.15, 0.2) is 0 Å². The zero-order valence-electron chi connectivity index (χ0n) is 9.41. The molecule has 0 aliphatic rings. The zero-order chi connectivity index (χ0) is 10.8. The molecule has 0 bridgehead atoms. The van der Waals surface area contributed by atoms with Crippen molar-refractivity contribution in [3.8, 4) is 0 Å². The standard InChI is InChI=1S/C10H24N2O2/c1-3-12(9-10(2)8-11)4-6-14-7-5-13/h10,13H,3-9,11H2,1-2H3. The summed E-state index contributed by atoms with van der Waals surface area (Å²) in [6.45, 7) is 9.20. The highest BCUT2D eigenvalue weighted by Gasteiger charge is 2.06. The number of ether oxygens (including phenoxy) is 1. The second-order valence-electron chi connectivity index (χ2n) is 3.57. The minimum absolute atomic E-state index is 0.103. The molecule has 0 fully saturated rings. The highest BCUT2D eigenvalue weighted by molar-refractivity contribution is 4.61. The van der Waals surface area contributed by atoms with Crippen molar-refractivity contribution in [3.63, 3.8) is 0 Å². The first kappa shape index (κ1) is 13.8. The molecule has 0 heterocycles. The van der Waals surface area contributed by atoms with Crippen molar-refractivity contribution in [2.45, 2.75) is 13.8 Å². The molecule has 0 aromatic carbocycles. The lowest BCUT2D eigenvalue weighted by Gasteiger charge is -2.23. The average molecular weight is 204 g/mol. The lowest BCUT2D eigenvalue weighted by atomic mass is 10.2. The van der Waals surface area contributed by atoms with Crippen molar-refractivity contribution < 1.29 is 9.84 Å². The molecule has 0 saturated heterocycles. The largest absolute Gasteiger partial charge is 0.394 e. The fourth-order valence-corrected chi connectivity index (χ4v) is 1.25. The molecule has 0 aromatic heterocycles. The molecule has 0 saturated carbocycles. The maximum Gasteiger partial charge on any atom is 0.0698 e. The molecule has 0 aliphatic heterocycles. The lowest BCUT2D eigenvalue weighted by molar-refractivity contribution is 0.0721. The van der Waals surface area contributed by atoms with E-state index in [4.69, 9.17) is 15.6 Å². The summed E-state index contributed by atoms with van der Waals surface area (Å²) in [5, 5.41) is 8.52. The van der Waals surface area contributed by atoms with Gasteiger partial charge in [-0.15, -0.1) is 0 Å². The number of hydrogen-bond donors (Lipinski definition) is 2. The van der Waals surface area contributed by atoms with Crippen LogP contribution >= 0.6 is 0 Å². The maximum atomic E-state index is 8.52. The van der Waals surface area contributed by atoms with E-state index in [0.717, 1.165) is 26.2 Å². The highest BCUT2D eigenvalue weighted by atomic mass is 16.5. The first-order valence-corrected chi connectivity index (χ1v) is 5.35. The highest BCUT2D eigenvalue weighted by Crippen LogP contribution is 1.97. The van der Waals surface area contributed by atoms with Crippen LogP contribution in [0, 0.1) is 5.92 Å². The molecule has 0 rings (SSSR count). The lowest BCUT2D eigenvalue weighted by Crippen LogP contribution is -2.34. The van der Waals surface area contributed by atoms with Gasteiger partial charge in [0.2, 0.25) is 0 Å². The van der Waals surface area contributed by atoms with Crippen LogP contribution in [0.3, 0.4) is 0 Å². The number of hydrogen-bond acceptors (Lipinski definition) is 4. The number of aliphatic hydroxyl groups excluding tert-OH is 1. The Bertz CT molecular complexity index is 123. The number of nitrogens with two attached hydrogens (primary N) is 1. The summed E-state index contributed by atoms with van der Waals surface area (Å²) in [4.78, 5) is 2.31. The predicted octanol–water partition coefficient (Wildman–Crippen LogP) is -0.0880. The summed E-state index contributed by atoms with van der Waals surface area (Å²) < 4.78 is 5.21. The molecule has 4 heteroatoms. The molecule has 3 N–H and O–H groups in total. The molecule has 1 unspecified atom stereocenters. The van der Waals surface area contributed by atoms with Crippen LogP contribution in [-0.2, 0) is 4.74 Å². The Labute approximate surface area is 87.0 Å². The number of rotatable bonds is 9. The SMILES string of the molecule is CCN(CCOCCO)CC(C)CN. The summed E-state index contributed by atoms with van der Waals surface area (Å²) in [7, 11) is 0. The third-order valence-corrected chi connectivity index (χ3v) is 2.21. The molecule has 0 aliphatic carbocycles. The van der Waals surface area contributed by atoms with Crippen molar-refractivity contribution >= 4 is 0 Å². The van der Waals surface area contributed by atoms with Crippen LogP contribution in [0.5, 0.6) is 0 Å². The van der Waals surface area contributed by atoms with Gasteiger partial charge in [-0.25, -0.2) is 0 Å². The number of aliphatic hydroxyl groups is 1. The van der Waals surface area contributed by atoms with E-state index in [2.05, 4.69) is 18.7 Å². The van der Waals surface area contributed by atoms with Gasteiger partial charge in [-0.3, -0.25) is 0 Å². The van der Waals surface area contributed by atoms with E-state index in [0.29, 0.717) is 19.1 Å². The minimum Gasteiger partial charge on any atom is -0.394 e. The van der Waals surface area contributed by atoms with Crippen molar-refractivity contribution in [1.82, 2.24) is 4.90 Å². The molecule has 14 heavy (non-hydrogen) atoms. The fourth-order valence-electron chi connectivity index (χ4n) is 1.25. The molecule has 4 nitrogen and oxygen atoms in total. The molecule has 0 aromatic rings. The van der Waals surface area contributed by atoms with Crippen LogP contribution in [0.15, 0.2) is 0 Å². The van der Waals surface area contributed by atoms with Crippen molar-refractivity contribution in [2.75, 3.05) is 46.0 Å². The van der Waals surface area contributed by atoms with E-state index >= 15 is 0 Å². The third kappa shape index (κ3) is 7.26. The Kier molecular flexibility index (Phi) is 9.29. The molecular weight excluding hydrogens is 180 g/mol. The molecule has 0 amide bonds. The van der Waals surface area contributed by atoms with E-state index in [1.165, 1.54) is 0 Å². The van der Waals surface area contributed by atoms with Crippen molar-refractivity contribution in [2.24, 2.45) is 11.7 Å². The van der Waals surface area contributed by atoms with Crippen LogP contribution in [-0.4, -0.2) is 56.0 Å². The first-order valence-electron chi connectivity index (χ1n) is 5.35. The summed E-state index contributed by atoms with van der Waals surface area (Å²) in [5.74, 6) is 0.535. The topological polar surface area (TPSA) is 58.7 Å². The van der Waals surface area contributed by atoms with Gasteiger partial charge in [0, 0.05) is 13.1 Å². The second kappa shape index (κ2) is 9.40. The van der Waals surface area contributed by atoms with E-state index in [1.54, 1.807) is 0 Å².